The van der Waals surface area contributed by atoms with Gasteiger partial charge in [0.25, 0.3) is 0 Å². The van der Waals surface area contributed by atoms with Crippen LogP contribution >= 0.6 is 0 Å². The predicted octanol–water partition coefficient (Wildman–Crippen LogP) is 3.66. The average molecular weight is 333 g/mol. The topological polar surface area (TPSA) is 66.8 Å². The standard InChI is InChI=1S/C19H27NO4/c1-13-6-7-15(12-14(13)2)19(16(21)22)8-10-20(11-9-19)17(23)24-18(3,4)5/h6-7,12H,8-11H2,1-5H3,(H,21,22). The maximum atomic E-state index is 12.2. The second-order valence-corrected chi connectivity index (χ2v) is 7.65. The zero-order valence-corrected chi connectivity index (χ0v) is 15.2. The van der Waals surface area contributed by atoms with E-state index in [2.05, 4.69) is 0 Å². The SMILES string of the molecule is Cc1ccc(C2(C(=O)O)CCN(C(=O)OC(C)(C)C)CC2)cc1C. The zero-order chi connectivity index (χ0) is 18.1. The summed E-state index contributed by atoms with van der Waals surface area (Å²) in [6, 6.07) is 5.84. The number of piperidine rings is 1. The Labute approximate surface area is 143 Å². The van der Waals surface area contributed by atoms with Crippen molar-refractivity contribution < 1.29 is 19.4 Å². The highest BCUT2D eigenvalue weighted by molar-refractivity contribution is 5.82. The smallest absolute Gasteiger partial charge is 0.410 e. The van der Waals surface area contributed by atoms with Gasteiger partial charge in [0.15, 0.2) is 0 Å². The molecule has 1 aromatic carbocycles. The van der Waals surface area contributed by atoms with E-state index in [9.17, 15) is 14.7 Å². The van der Waals surface area contributed by atoms with Crippen LogP contribution in [0, 0.1) is 13.8 Å². The number of carboxylic acids is 1. The van der Waals surface area contributed by atoms with Gasteiger partial charge < -0.3 is 14.7 Å². The van der Waals surface area contributed by atoms with Gasteiger partial charge in [-0.15, -0.1) is 0 Å². The first-order valence-electron chi connectivity index (χ1n) is 8.34. The number of carbonyl (C=O) groups excluding carboxylic acids is 1. The van der Waals surface area contributed by atoms with E-state index in [1.807, 2.05) is 52.8 Å². The zero-order valence-electron chi connectivity index (χ0n) is 15.2. The number of hydrogen-bond donors (Lipinski definition) is 1. The second-order valence-electron chi connectivity index (χ2n) is 7.65. The number of hydrogen-bond acceptors (Lipinski definition) is 3. The van der Waals surface area contributed by atoms with E-state index in [4.69, 9.17) is 4.74 Å². The molecule has 132 valence electrons. The van der Waals surface area contributed by atoms with E-state index in [1.54, 1.807) is 4.90 Å². The maximum absolute atomic E-state index is 12.2. The van der Waals surface area contributed by atoms with E-state index >= 15 is 0 Å². The summed E-state index contributed by atoms with van der Waals surface area (Å²) in [6.07, 6.45) is 0.412. The van der Waals surface area contributed by atoms with E-state index < -0.39 is 17.0 Å². The van der Waals surface area contributed by atoms with Gasteiger partial charge >= 0.3 is 12.1 Å². The van der Waals surface area contributed by atoms with Crippen LogP contribution in [0.15, 0.2) is 18.2 Å². The molecule has 1 aliphatic rings. The molecular weight excluding hydrogens is 306 g/mol. The Bertz CT molecular complexity index is 637. The van der Waals surface area contributed by atoms with E-state index in [-0.39, 0.29) is 6.09 Å². The van der Waals surface area contributed by atoms with Crippen LogP contribution in [0.2, 0.25) is 0 Å². The Morgan fingerprint density at radius 1 is 1.12 bits per heavy atom. The lowest BCUT2D eigenvalue weighted by Gasteiger charge is -2.39. The quantitative estimate of drug-likeness (QED) is 0.897. The van der Waals surface area contributed by atoms with Crippen molar-refractivity contribution in [3.05, 3.63) is 34.9 Å². The number of carbonyl (C=O) groups is 2. The van der Waals surface area contributed by atoms with Crippen molar-refractivity contribution in [1.29, 1.82) is 0 Å². The number of likely N-dealkylation sites (tertiary alicyclic amines) is 1. The number of ether oxygens (including phenoxy) is 1. The van der Waals surface area contributed by atoms with E-state index in [0.29, 0.717) is 25.9 Å². The van der Waals surface area contributed by atoms with Crippen LogP contribution in [0.25, 0.3) is 0 Å². The van der Waals surface area contributed by atoms with Gasteiger partial charge in [0.2, 0.25) is 0 Å². The molecule has 1 N–H and O–H groups in total. The number of aliphatic carboxylic acids is 1. The molecule has 0 bridgehead atoms. The average Bonchev–Trinajstić information content (AvgIpc) is 2.48. The number of nitrogens with zero attached hydrogens (tertiary/aromatic N) is 1. The molecule has 0 atom stereocenters. The summed E-state index contributed by atoms with van der Waals surface area (Å²) in [5, 5.41) is 9.88. The first-order chi connectivity index (χ1) is 11.0. The molecule has 24 heavy (non-hydrogen) atoms. The van der Waals surface area contributed by atoms with Crippen molar-refractivity contribution in [2.45, 2.75) is 58.5 Å². The van der Waals surface area contributed by atoms with Gasteiger partial charge in [-0.25, -0.2) is 4.79 Å². The Kier molecular flexibility index (Phi) is 4.92. The van der Waals surface area contributed by atoms with Crippen LogP contribution in [-0.2, 0) is 14.9 Å². The molecule has 1 aliphatic heterocycles. The van der Waals surface area contributed by atoms with Crippen molar-refractivity contribution >= 4 is 12.1 Å². The summed E-state index contributed by atoms with van der Waals surface area (Å²) in [6.45, 7) is 10.2. The minimum atomic E-state index is -0.934. The van der Waals surface area contributed by atoms with Gasteiger partial charge in [0.05, 0.1) is 5.41 Å². The van der Waals surface area contributed by atoms with Crippen LogP contribution in [0.3, 0.4) is 0 Å². The van der Waals surface area contributed by atoms with E-state index in [1.165, 1.54) is 0 Å². The van der Waals surface area contributed by atoms with Gasteiger partial charge in [0.1, 0.15) is 5.60 Å². The molecule has 0 radical (unpaired) electrons. The third-order valence-corrected chi connectivity index (χ3v) is 4.74. The minimum Gasteiger partial charge on any atom is -0.481 e. The molecule has 1 aromatic rings. The molecule has 0 saturated carbocycles. The number of amides is 1. The fourth-order valence-electron chi connectivity index (χ4n) is 3.06. The lowest BCUT2D eigenvalue weighted by molar-refractivity contribution is -0.146. The molecule has 0 aliphatic carbocycles. The van der Waals surface area contributed by atoms with Gasteiger partial charge in [-0.2, -0.15) is 0 Å². The molecule has 5 nitrogen and oxygen atoms in total. The lowest BCUT2D eigenvalue weighted by Crippen LogP contribution is -2.50. The summed E-state index contributed by atoms with van der Waals surface area (Å²) in [5.41, 5.74) is 1.57. The number of benzene rings is 1. The van der Waals surface area contributed by atoms with E-state index in [0.717, 1.165) is 16.7 Å². The second kappa shape index (κ2) is 6.46. The third-order valence-electron chi connectivity index (χ3n) is 4.74. The van der Waals surface area contributed by atoms with Gasteiger partial charge in [-0.3, -0.25) is 4.79 Å². The largest absolute Gasteiger partial charge is 0.481 e. The molecule has 0 unspecified atom stereocenters. The molecule has 0 aromatic heterocycles. The molecule has 5 heteroatoms. The Hall–Kier alpha value is -2.04. The van der Waals surface area contributed by atoms with Crippen molar-refractivity contribution in [3.8, 4) is 0 Å². The molecule has 1 heterocycles. The van der Waals surface area contributed by atoms with Crippen LogP contribution in [0.4, 0.5) is 4.79 Å². The summed E-state index contributed by atoms with van der Waals surface area (Å²) >= 11 is 0. The predicted molar refractivity (Wildman–Crippen MR) is 92.3 cm³/mol. The van der Waals surface area contributed by atoms with Gasteiger partial charge in [-0.05, 0) is 64.2 Å². The monoisotopic (exact) mass is 333 g/mol. The van der Waals surface area contributed by atoms with Crippen LogP contribution in [0.1, 0.15) is 50.3 Å². The van der Waals surface area contributed by atoms with Crippen LogP contribution in [0.5, 0.6) is 0 Å². The first kappa shape index (κ1) is 18.3. The van der Waals surface area contributed by atoms with Crippen molar-refractivity contribution in [1.82, 2.24) is 4.90 Å². The Morgan fingerprint density at radius 2 is 1.71 bits per heavy atom. The molecule has 1 saturated heterocycles. The maximum Gasteiger partial charge on any atom is 0.410 e. The normalized spacial score (nSPS) is 17.5. The van der Waals surface area contributed by atoms with Crippen LogP contribution in [-0.4, -0.2) is 40.8 Å². The molecule has 2 rings (SSSR count). The molecule has 1 fully saturated rings. The van der Waals surface area contributed by atoms with Gasteiger partial charge in [-0.1, -0.05) is 18.2 Å². The van der Waals surface area contributed by atoms with Gasteiger partial charge in [0, 0.05) is 13.1 Å². The summed E-state index contributed by atoms with van der Waals surface area (Å²) < 4.78 is 5.39. The fourth-order valence-corrected chi connectivity index (χ4v) is 3.06. The molecule has 1 amide bonds. The Morgan fingerprint density at radius 3 is 2.17 bits per heavy atom. The Balaban J connectivity index is 2.19. The molecular formula is C19H27NO4. The lowest BCUT2D eigenvalue weighted by atomic mass is 9.72. The molecule has 0 spiro atoms. The first-order valence-corrected chi connectivity index (χ1v) is 8.34. The summed E-state index contributed by atoms with van der Waals surface area (Å²) in [5.74, 6) is -0.824. The highest BCUT2D eigenvalue weighted by Crippen LogP contribution is 2.37. The number of rotatable bonds is 2. The third kappa shape index (κ3) is 3.71. The highest BCUT2D eigenvalue weighted by Gasteiger charge is 2.44. The van der Waals surface area contributed by atoms with Crippen molar-refractivity contribution in [3.63, 3.8) is 0 Å². The summed E-state index contributed by atoms with van der Waals surface area (Å²) in [7, 11) is 0. The minimum absolute atomic E-state index is 0.374. The van der Waals surface area contributed by atoms with Crippen LogP contribution < -0.4 is 0 Å². The highest BCUT2D eigenvalue weighted by atomic mass is 16.6. The summed E-state index contributed by atoms with van der Waals surface area (Å²) in [4.78, 5) is 25.8. The fraction of sp³-hybridized carbons (Fsp3) is 0.579. The van der Waals surface area contributed by atoms with Crippen molar-refractivity contribution in [2.75, 3.05) is 13.1 Å². The number of carboxylic acid groups (broad SMARTS) is 1. The number of aryl methyl sites for hydroxylation is 2. The van der Waals surface area contributed by atoms with Crippen molar-refractivity contribution in [2.24, 2.45) is 0 Å².